The van der Waals surface area contributed by atoms with Gasteiger partial charge in [0.25, 0.3) is 45.3 Å². The van der Waals surface area contributed by atoms with Gasteiger partial charge in [0, 0.05) is 55.0 Å². The molecule has 0 fully saturated rings. The fourth-order valence-corrected chi connectivity index (χ4v) is 12.3. The highest BCUT2D eigenvalue weighted by Crippen LogP contribution is 2.37. The molecule has 10 aromatic rings. The number of rotatable bonds is 13. The van der Waals surface area contributed by atoms with Crippen molar-refractivity contribution in [2.45, 2.75) is 39.3 Å². The Balaban J connectivity index is 0.000000151. The highest BCUT2D eigenvalue weighted by Gasteiger charge is 2.30. The lowest BCUT2D eigenvalue weighted by Gasteiger charge is -2.08. The molecule has 0 saturated heterocycles. The van der Waals surface area contributed by atoms with Crippen LogP contribution in [-0.2, 0) is 74.4 Å². The van der Waals surface area contributed by atoms with Gasteiger partial charge < -0.3 is 25.8 Å². The van der Waals surface area contributed by atoms with E-state index in [0.717, 1.165) is 37.0 Å². The highest BCUT2D eigenvalue weighted by molar-refractivity contribution is 8.13. The van der Waals surface area contributed by atoms with Crippen molar-refractivity contribution < 1.29 is 75.6 Å². The zero-order valence-electron chi connectivity index (χ0n) is 47.7. The molecule has 2 aliphatic heterocycles. The number of aromatic hydroxyl groups is 2. The third-order valence-corrected chi connectivity index (χ3v) is 19.1. The summed E-state index contributed by atoms with van der Waals surface area (Å²) in [6, 6.07) is 50.7. The zero-order valence-corrected chi connectivity index (χ0v) is 51.8. The monoisotopic (exact) mass is 1310 g/mol. The molecule has 12 rings (SSSR count). The highest BCUT2D eigenvalue weighted by atomic mass is 35.7. The van der Waals surface area contributed by atoms with E-state index in [0.29, 0.717) is 55.9 Å². The molecule has 2 aliphatic rings. The van der Waals surface area contributed by atoms with Crippen molar-refractivity contribution in [2.24, 2.45) is 4.99 Å². The van der Waals surface area contributed by atoms with Gasteiger partial charge in [-0.3, -0.25) is 31.7 Å². The van der Waals surface area contributed by atoms with Crippen molar-refractivity contribution in [1.82, 2.24) is 9.55 Å². The lowest BCUT2D eigenvalue weighted by molar-refractivity contribution is -0.115. The first kappa shape index (κ1) is 64.8. The van der Waals surface area contributed by atoms with E-state index in [1.807, 2.05) is 61.5 Å². The predicted molar refractivity (Wildman–Crippen MR) is 336 cm³/mol. The van der Waals surface area contributed by atoms with Crippen LogP contribution in [-0.4, -0.2) is 104 Å². The number of fused-ring (bicyclic) bond motifs is 4. The lowest BCUT2D eigenvalue weighted by atomic mass is 10.0. The smallest absolute Gasteiger partial charge is 0.296 e. The number of anilines is 2. The van der Waals surface area contributed by atoms with Crippen LogP contribution in [0, 0.1) is 6.92 Å². The normalized spacial score (nSPS) is 12.9. The first-order chi connectivity index (χ1) is 42.7. The molecule has 4 heterocycles. The fourth-order valence-electron chi connectivity index (χ4n) is 9.45. The van der Waals surface area contributed by atoms with Gasteiger partial charge in [-0.05, 0) is 115 Å². The minimum atomic E-state index is -4.06. The van der Waals surface area contributed by atoms with Gasteiger partial charge >= 0.3 is 0 Å². The fraction of sp³-hybridized carbons (Fsp3) is 0.0952. The number of nitrogens with zero attached hydrogens (tertiary/aromatic N) is 2. The number of ketones is 1. The molecule has 90 heavy (non-hydrogen) atoms. The van der Waals surface area contributed by atoms with E-state index in [2.05, 4.69) is 28.2 Å². The Kier molecular flexibility index (Phi) is 19.2. The Bertz CT molecular complexity index is 4970. The molecule has 8 aromatic carbocycles. The summed E-state index contributed by atoms with van der Waals surface area (Å²) in [7, 11) is -6.93. The molecular weight excluding hydrogens is 1260 g/mol. The Hall–Kier alpha value is -9.64. The molecule has 0 unspecified atom stereocenters. The van der Waals surface area contributed by atoms with E-state index in [9.17, 15) is 63.1 Å². The lowest BCUT2D eigenvalue weighted by Crippen LogP contribution is -2.11. The van der Waals surface area contributed by atoms with Crippen molar-refractivity contribution >= 4 is 118 Å². The number of hydrogen-bond donors (Lipinski definition) is 5. The van der Waals surface area contributed by atoms with E-state index in [-0.39, 0.29) is 72.1 Å². The molecule has 0 spiro atoms. The summed E-state index contributed by atoms with van der Waals surface area (Å²) < 4.78 is 108. The minimum absolute atomic E-state index is 0.000461. The van der Waals surface area contributed by atoms with E-state index in [4.69, 9.17) is 15.7 Å². The third kappa shape index (κ3) is 14.3. The van der Waals surface area contributed by atoms with Crippen LogP contribution in [0.5, 0.6) is 11.8 Å². The number of carbonyl (C=O) groups excluding carboxylic acids is 4. The number of nitrogens with one attached hydrogen (secondary N) is 3. The first-order valence-electron chi connectivity index (χ1n) is 26.6. The molecule has 2 aromatic heterocycles. The maximum atomic E-state index is 13.2. The Morgan fingerprint density at radius 1 is 0.522 bits per heavy atom. The van der Waals surface area contributed by atoms with E-state index in [1.165, 1.54) is 60.7 Å². The van der Waals surface area contributed by atoms with E-state index >= 15 is 0 Å². The molecular formula is C63H52ClN5O17S4. The van der Waals surface area contributed by atoms with Crippen molar-refractivity contribution in [3.8, 4) is 11.8 Å². The molecule has 0 bridgehead atoms. The zero-order chi connectivity index (χ0) is 64.9. The molecule has 462 valence electrons. The van der Waals surface area contributed by atoms with Crippen molar-refractivity contribution in [3.05, 3.63) is 233 Å². The number of aliphatic imine (C=N–C) groups is 1. The molecule has 2 amide bonds. The average molecular weight is 1310 g/mol. The maximum Gasteiger partial charge on any atom is 0.296 e. The number of carbonyl (C=O) groups is 4. The largest absolute Gasteiger partial charge is 0.494 e. The van der Waals surface area contributed by atoms with E-state index in [1.54, 1.807) is 72.8 Å². The van der Waals surface area contributed by atoms with Crippen LogP contribution in [0.4, 0.5) is 17.1 Å². The Morgan fingerprint density at radius 3 is 1.48 bits per heavy atom. The van der Waals surface area contributed by atoms with Crippen LogP contribution in [0.25, 0.3) is 21.8 Å². The summed E-state index contributed by atoms with van der Waals surface area (Å²) in [4.78, 5) is 56.0. The van der Waals surface area contributed by atoms with Crippen LogP contribution in [0.1, 0.15) is 54.1 Å². The van der Waals surface area contributed by atoms with Gasteiger partial charge in [-0.15, -0.1) is 0 Å². The van der Waals surface area contributed by atoms with Crippen LogP contribution in [0.3, 0.4) is 0 Å². The van der Waals surface area contributed by atoms with Crippen LogP contribution in [0.2, 0.25) is 0 Å². The van der Waals surface area contributed by atoms with Gasteiger partial charge in [0.15, 0.2) is 11.7 Å². The summed E-state index contributed by atoms with van der Waals surface area (Å²) in [5.41, 5.74) is 7.40. The third-order valence-electron chi connectivity index (χ3n) is 13.9. The van der Waals surface area contributed by atoms with Crippen molar-refractivity contribution in [3.63, 3.8) is 0 Å². The molecule has 27 heteroatoms. The van der Waals surface area contributed by atoms with Crippen molar-refractivity contribution in [2.75, 3.05) is 32.0 Å². The topological polar surface area (TPSA) is 330 Å². The molecule has 5 N–H and O–H groups in total. The Morgan fingerprint density at radius 2 is 0.967 bits per heavy atom. The number of aromatic nitrogens is 2. The summed E-state index contributed by atoms with van der Waals surface area (Å²) in [6.07, 6.45) is 0.415. The quantitative estimate of drug-likeness (QED) is 0.0310. The molecule has 0 atom stereocenters. The van der Waals surface area contributed by atoms with Gasteiger partial charge in [0.2, 0.25) is 17.7 Å². The second-order valence-electron chi connectivity index (χ2n) is 19.7. The van der Waals surface area contributed by atoms with E-state index < -0.39 is 57.0 Å². The summed E-state index contributed by atoms with van der Waals surface area (Å²) >= 11 is 0. The molecule has 0 saturated carbocycles. The molecule has 0 aliphatic carbocycles. The second kappa shape index (κ2) is 26.6. The second-order valence-corrected chi connectivity index (χ2v) is 27.4. The molecule has 0 radical (unpaired) electrons. The number of aromatic amines is 1. The first-order valence-corrected chi connectivity index (χ1v) is 33.1. The van der Waals surface area contributed by atoms with Gasteiger partial charge in [-0.2, -0.15) is 25.3 Å². The Labute approximate surface area is 520 Å². The number of aryl methyl sites for hydroxylation is 1. The average Bonchev–Trinajstić information content (AvgIpc) is 1.60. The standard InChI is InChI=1S/C23H20N2O4S.C23H17NO6S.C9H9NO4S.C8H6ClNO3S/c1-15-8-10-17(11-9-15)24-22(16-6-4-3-5-7-16)21-19-14-18(30(27,28)29-2)12-13-20(19)25-23(21)26;1-30-31(28,29)17-12-13-19-18(14-17)20(21(25)15-8-4-2-5-9-15)23(27)24(19)22(26)16-10-6-3-7-11-16;1-14-15(12,13)7-2-3-8-6(4-7)5-9(11)10-8;9-14(12,13)6-1-2-7-5(3-6)4-8(11)10-7/h3-14,25-26H,1-2H3;2-14,27H,1H3;2-4H,5H2,1H3,(H,10,11);1-3H,4H2,(H,10,11). The van der Waals surface area contributed by atoms with Crippen LogP contribution >= 0.6 is 10.7 Å². The SMILES string of the molecule is COS(=O)(=O)c1ccc2[nH]c(O)c(C(=Nc3ccc(C)cc3)c3ccccc3)c2c1.COS(=O)(=O)c1ccc2c(c1)CC(=O)N2.COS(=O)(=O)c1ccc2c(c1)c(C(=O)c1ccccc1)c(O)n2C(=O)c1ccccc1.O=C1Cc2cc(S(=O)(=O)Cl)ccc2N1. The summed E-state index contributed by atoms with van der Waals surface area (Å²) in [5.74, 6) is -2.02. The number of hydrogen-bond acceptors (Lipinski definition) is 18. The predicted octanol–water partition coefficient (Wildman–Crippen LogP) is 9.91. The van der Waals surface area contributed by atoms with Crippen LogP contribution < -0.4 is 10.6 Å². The minimum Gasteiger partial charge on any atom is -0.494 e. The maximum absolute atomic E-state index is 13.2. The summed E-state index contributed by atoms with van der Waals surface area (Å²) in [6.45, 7) is 1.99. The molecule has 22 nitrogen and oxygen atoms in total. The summed E-state index contributed by atoms with van der Waals surface area (Å²) in [5, 5.41) is 27.6. The van der Waals surface area contributed by atoms with Crippen LogP contribution in [0.15, 0.2) is 213 Å². The number of halogens is 1. The number of amides is 2. The number of H-pyrrole nitrogens is 1. The van der Waals surface area contributed by atoms with Gasteiger partial charge in [-0.25, -0.2) is 18.0 Å². The van der Waals surface area contributed by atoms with Crippen molar-refractivity contribution in [1.29, 1.82) is 0 Å². The number of benzene rings is 8. The van der Waals surface area contributed by atoms with Gasteiger partial charge in [-0.1, -0.05) is 96.6 Å². The van der Waals surface area contributed by atoms with Gasteiger partial charge in [0.1, 0.15) is 0 Å². The van der Waals surface area contributed by atoms with Gasteiger partial charge in [0.05, 0.1) is 81.8 Å².